The molecule has 2 N–H and O–H groups in total. The van der Waals surface area contributed by atoms with Crippen molar-refractivity contribution in [3.63, 3.8) is 0 Å². The molecule has 1 fully saturated rings. The van der Waals surface area contributed by atoms with Gasteiger partial charge in [0.2, 0.25) is 0 Å². The SMILES string of the molecule is CCOc1ccc(C(=O)NC(=S)Nc2ccc(OCC3CCCO3)cc2)cc1. The Morgan fingerprint density at radius 1 is 1.11 bits per heavy atom. The Kier molecular flexibility index (Phi) is 7.22. The summed E-state index contributed by atoms with van der Waals surface area (Å²) in [5.41, 5.74) is 1.27. The second kappa shape index (κ2) is 10.1. The molecular weight excluding hydrogens is 376 g/mol. The van der Waals surface area contributed by atoms with Crippen LogP contribution < -0.4 is 20.1 Å². The number of amides is 1. The minimum atomic E-state index is -0.280. The fourth-order valence-electron chi connectivity index (χ4n) is 2.81. The third-order valence-electron chi connectivity index (χ3n) is 4.23. The zero-order valence-corrected chi connectivity index (χ0v) is 16.6. The van der Waals surface area contributed by atoms with E-state index >= 15 is 0 Å². The summed E-state index contributed by atoms with van der Waals surface area (Å²) in [6, 6.07) is 14.3. The van der Waals surface area contributed by atoms with Crippen molar-refractivity contribution < 1.29 is 19.0 Å². The minimum absolute atomic E-state index is 0.184. The summed E-state index contributed by atoms with van der Waals surface area (Å²) in [6.07, 6.45) is 2.32. The Bertz CT molecular complexity index is 787. The Labute approximate surface area is 170 Å². The number of nitrogens with one attached hydrogen (secondary N) is 2. The zero-order chi connectivity index (χ0) is 19.8. The molecule has 0 aromatic heterocycles. The number of anilines is 1. The summed E-state index contributed by atoms with van der Waals surface area (Å²) in [5.74, 6) is 1.21. The second-order valence-electron chi connectivity index (χ2n) is 6.34. The summed E-state index contributed by atoms with van der Waals surface area (Å²) in [7, 11) is 0. The van der Waals surface area contributed by atoms with Gasteiger partial charge in [0, 0.05) is 17.9 Å². The van der Waals surface area contributed by atoms with Crippen molar-refractivity contribution >= 4 is 28.9 Å². The van der Waals surface area contributed by atoms with Gasteiger partial charge in [-0.1, -0.05) is 0 Å². The molecule has 0 saturated carbocycles. The lowest BCUT2D eigenvalue weighted by Gasteiger charge is -2.13. The van der Waals surface area contributed by atoms with Gasteiger partial charge >= 0.3 is 0 Å². The molecular formula is C21H24N2O4S. The summed E-state index contributed by atoms with van der Waals surface area (Å²) < 4.78 is 16.6. The van der Waals surface area contributed by atoms with Crippen molar-refractivity contribution in [3.8, 4) is 11.5 Å². The predicted octanol–water partition coefficient (Wildman–Crippen LogP) is 3.77. The number of carbonyl (C=O) groups is 1. The van der Waals surface area contributed by atoms with E-state index in [4.69, 9.17) is 26.4 Å². The maximum absolute atomic E-state index is 12.3. The molecule has 1 aliphatic heterocycles. The molecule has 6 nitrogen and oxygen atoms in total. The molecule has 2 aromatic carbocycles. The van der Waals surface area contributed by atoms with Gasteiger partial charge in [-0.25, -0.2) is 0 Å². The van der Waals surface area contributed by atoms with Crippen molar-refractivity contribution in [1.29, 1.82) is 0 Å². The van der Waals surface area contributed by atoms with E-state index in [0.29, 0.717) is 18.8 Å². The number of thiocarbonyl (C=S) groups is 1. The third kappa shape index (κ3) is 5.94. The first-order chi connectivity index (χ1) is 13.6. The van der Waals surface area contributed by atoms with Crippen molar-refractivity contribution in [3.05, 3.63) is 54.1 Å². The van der Waals surface area contributed by atoms with Crippen LogP contribution in [0.1, 0.15) is 30.1 Å². The van der Waals surface area contributed by atoms with Crippen LogP contribution in [0.4, 0.5) is 5.69 Å². The fourth-order valence-corrected chi connectivity index (χ4v) is 3.02. The highest BCUT2D eigenvalue weighted by Crippen LogP contribution is 2.18. The van der Waals surface area contributed by atoms with E-state index in [2.05, 4.69) is 10.6 Å². The van der Waals surface area contributed by atoms with Crippen molar-refractivity contribution in [1.82, 2.24) is 5.32 Å². The van der Waals surface area contributed by atoms with E-state index in [0.717, 1.165) is 36.6 Å². The molecule has 148 valence electrons. The highest BCUT2D eigenvalue weighted by Gasteiger charge is 2.16. The molecule has 1 heterocycles. The average molecular weight is 401 g/mol. The van der Waals surface area contributed by atoms with E-state index in [-0.39, 0.29) is 17.1 Å². The quantitative estimate of drug-likeness (QED) is 0.690. The Morgan fingerprint density at radius 3 is 2.43 bits per heavy atom. The molecule has 0 bridgehead atoms. The van der Waals surface area contributed by atoms with E-state index in [1.807, 2.05) is 31.2 Å². The normalized spacial score (nSPS) is 15.7. The standard InChI is InChI=1S/C21H24N2O4S/c1-2-25-17-9-5-15(6-10-17)20(24)23-21(28)22-16-7-11-18(12-8-16)27-14-19-4-3-13-26-19/h5-12,19H,2-4,13-14H2,1H3,(H2,22,23,24,28). The highest BCUT2D eigenvalue weighted by atomic mass is 32.1. The number of hydrogen-bond acceptors (Lipinski definition) is 5. The van der Waals surface area contributed by atoms with E-state index < -0.39 is 0 Å². The molecule has 1 unspecified atom stereocenters. The molecule has 3 rings (SSSR count). The van der Waals surface area contributed by atoms with Gasteiger partial charge in [-0.3, -0.25) is 10.1 Å². The maximum Gasteiger partial charge on any atom is 0.257 e. The van der Waals surface area contributed by atoms with Gasteiger partial charge in [0.05, 0.1) is 12.7 Å². The van der Waals surface area contributed by atoms with Crippen LogP contribution in [0.3, 0.4) is 0 Å². The first-order valence-electron chi connectivity index (χ1n) is 9.33. The lowest BCUT2D eigenvalue weighted by atomic mass is 10.2. The van der Waals surface area contributed by atoms with Crippen LogP contribution in [0.2, 0.25) is 0 Å². The highest BCUT2D eigenvalue weighted by molar-refractivity contribution is 7.80. The molecule has 0 spiro atoms. The van der Waals surface area contributed by atoms with E-state index in [1.165, 1.54) is 0 Å². The Balaban J connectivity index is 1.46. The smallest absolute Gasteiger partial charge is 0.257 e. The van der Waals surface area contributed by atoms with Gasteiger partial charge in [-0.15, -0.1) is 0 Å². The summed E-state index contributed by atoms with van der Waals surface area (Å²) in [6.45, 7) is 3.87. The largest absolute Gasteiger partial charge is 0.494 e. The van der Waals surface area contributed by atoms with Gasteiger partial charge in [-0.2, -0.15) is 0 Å². The second-order valence-corrected chi connectivity index (χ2v) is 6.74. The number of carbonyl (C=O) groups excluding carboxylic acids is 1. The van der Waals surface area contributed by atoms with Crippen LogP contribution in [0.15, 0.2) is 48.5 Å². The molecule has 1 atom stereocenters. The van der Waals surface area contributed by atoms with Gasteiger partial charge in [0.15, 0.2) is 5.11 Å². The molecule has 0 radical (unpaired) electrons. The van der Waals surface area contributed by atoms with Gasteiger partial charge in [0.1, 0.15) is 18.1 Å². The van der Waals surface area contributed by atoms with Crippen LogP contribution in [0.5, 0.6) is 11.5 Å². The van der Waals surface area contributed by atoms with Crippen molar-refractivity contribution in [2.45, 2.75) is 25.9 Å². The minimum Gasteiger partial charge on any atom is -0.494 e. The van der Waals surface area contributed by atoms with Crippen LogP contribution in [-0.4, -0.2) is 36.9 Å². The Morgan fingerprint density at radius 2 is 1.79 bits per heavy atom. The Hall–Kier alpha value is -2.64. The molecule has 1 saturated heterocycles. The van der Waals surface area contributed by atoms with E-state index in [9.17, 15) is 4.79 Å². The first kappa shape index (κ1) is 20.1. The summed E-state index contributed by atoms with van der Waals surface area (Å²) in [5, 5.41) is 5.89. The molecule has 28 heavy (non-hydrogen) atoms. The van der Waals surface area contributed by atoms with Crippen LogP contribution in [0, 0.1) is 0 Å². The third-order valence-corrected chi connectivity index (χ3v) is 4.43. The van der Waals surface area contributed by atoms with Crippen molar-refractivity contribution in [2.75, 3.05) is 25.1 Å². The molecule has 1 aliphatic rings. The average Bonchev–Trinajstić information content (AvgIpc) is 3.22. The van der Waals surface area contributed by atoms with Gasteiger partial charge in [-0.05, 0) is 80.5 Å². The predicted molar refractivity (Wildman–Crippen MR) is 112 cm³/mol. The van der Waals surface area contributed by atoms with Crippen molar-refractivity contribution in [2.24, 2.45) is 0 Å². The van der Waals surface area contributed by atoms with Gasteiger partial charge < -0.3 is 19.5 Å². The fraction of sp³-hybridized carbons (Fsp3) is 0.333. The molecule has 2 aromatic rings. The lowest BCUT2D eigenvalue weighted by Crippen LogP contribution is -2.34. The summed E-state index contributed by atoms with van der Waals surface area (Å²) >= 11 is 5.22. The van der Waals surface area contributed by atoms with Gasteiger partial charge in [0.25, 0.3) is 5.91 Å². The summed E-state index contributed by atoms with van der Waals surface area (Å²) in [4.78, 5) is 12.3. The van der Waals surface area contributed by atoms with E-state index in [1.54, 1.807) is 24.3 Å². The lowest BCUT2D eigenvalue weighted by molar-refractivity contribution is 0.0679. The van der Waals surface area contributed by atoms with Crippen LogP contribution >= 0.6 is 12.2 Å². The number of benzene rings is 2. The maximum atomic E-state index is 12.3. The number of ether oxygens (including phenoxy) is 3. The molecule has 0 aliphatic carbocycles. The number of rotatable bonds is 7. The monoisotopic (exact) mass is 400 g/mol. The topological polar surface area (TPSA) is 68.8 Å². The zero-order valence-electron chi connectivity index (χ0n) is 15.8. The number of hydrogen-bond donors (Lipinski definition) is 2. The van der Waals surface area contributed by atoms with Crippen LogP contribution in [0.25, 0.3) is 0 Å². The first-order valence-corrected chi connectivity index (χ1v) is 9.74. The molecule has 7 heteroatoms. The molecule has 1 amide bonds. The van der Waals surface area contributed by atoms with Crippen LogP contribution in [-0.2, 0) is 4.74 Å².